The van der Waals surface area contributed by atoms with Crippen molar-refractivity contribution in [3.8, 4) is 0 Å². The highest BCUT2D eigenvalue weighted by Gasteiger charge is 2.17. The van der Waals surface area contributed by atoms with Crippen LogP contribution < -0.4 is 10.6 Å². The van der Waals surface area contributed by atoms with Crippen molar-refractivity contribution >= 4 is 40.3 Å². The standard InChI is InChI=1S/C13H15IN2O4/c14-8-3-4-11(10(6-8)12(17)18)16-13(19)15-7-9-2-1-5-20-9/h3-4,6,9H,1-2,5,7H2,(H,17,18)(H2,15,16,19). The summed E-state index contributed by atoms with van der Waals surface area (Å²) in [6.07, 6.45) is 2.00. The first-order valence-electron chi connectivity index (χ1n) is 6.25. The minimum absolute atomic E-state index is 0.0522. The van der Waals surface area contributed by atoms with Crippen LogP contribution in [0.15, 0.2) is 18.2 Å². The third kappa shape index (κ3) is 4.07. The summed E-state index contributed by atoms with van der Waals surface area (Å²) in [7, 11) is 0. The van der Waals surface area contributed by atoms with Gasteiger partial charge in [0.05, 0.1) is 17.4 Å². The number of nitrogens with one attached hydrogen (secondary N) is 2. The first-order chi connectivity index (χ1) is 9.56. The van der Waals surface area contributed by atoms with Crippen LogP contribution in [0.3, 0.4) is 0 Å². The lowest BCUT2D eigenvalue weighted by Crippen LogP contribution is -2.35. The molecule has 0 aliphatic carbocycles. The second-order valence-corrected chi connectivity index (χ2v) is 5.71. The molecule has 2 amide bonds. The molecular weight excluding hydrogens is 375 g/mol. The number of carboxylic acids is 1. The smallest absolute Gasteiger partial charge is 0.337 e. The molecule has 1 atom stereocenters. The van der Waals surface area contributed by atoms with Crippen LogP contribution in [0.5, 0.6) is 0 Å². The first-order valence-corrected chi connectivity index (χ1v) is 7.33. The summed E-state index contributed by atoms with van der Waals surface area (Å²) in [6.45, 7) is 1.16. The summed E-state index contributed by atoms with van der Waals surface area (Å²) in [5, 5.41) is 14.3. The van der Waals surface area contributed by atoms with E-state index in [0.29, 0.717) is 6.54 Å². The Labute approximate surface area is 130 Å². The average Bonchev–Trinajstić information content (AvgIpc) is 2.91. The zero-order valence-electron chi connectivity index (χ0n) is 10.7. The Kier molecular flexibility index (Phi) is 5.18. The molecule has 1 aliphatic rings. The number of hydrogen-bond donors (Lipinski definition) is 3. The van der Waals surface area contributed by atoms with Crippen molar-refractivity contribution < 1.29 is 19.4 Å². The fraction of sp³-hybridized carbons (Fsp3) is 0.385. The Bertz CT molecular complexity index is 515. The summed E-state index contributed by atoms with van der Waals surface area (Å²) in [4.78, 5) is 22.9. The average molecular weight is 390 g/mol. The molecule has 0 spiro atoms. The van der Waals surface area contributed by atoms with Crippen LogP contribution in [-0.4, -0.2) is 36.4 Å². The van der Waals surface area contributed by atoms with Gasteiger partial charge in [-0.3, -0.25) is 0 Å². The fourth-order valence-corrected chi connectivity index (χ4v) is 2.47. The second-order valence-electron chi connectivity index (χ2n) is 4.47. The molecule has 1 unspecified atom stereocenters. The Morgan fingerprint density at radius 3 is 2.90 bits per heavy atom. The number of rotatable bonds is 4. The molecule has 20 heavy (non-hydrogen) atoms. The van der Waals surface area contributed by atoms with Gasteiger partial charge in [0.1, 0.15) is 0 Å². The summed E-state index contributed by atoms with van der Waals surface area (Å²) in [6, 6.07) is 4.40. The van der Waals surface area contributed by atoms with Crippen molar-refractivity contribution in [3.05, 3.63) is 27.3 Å². The highest BCUT2D eigenvalue weighted by atomic mass is 127. The maximum absolute atomic E-state index is 11.8. The van der Waals surface area contributed by atoms with E-state index in [-0.39, 0.29) is 17.4 Å². The monoisotopic (exact) mass is 390 g/mol. The van der Waals surface area contributed by atoms with E-state index in [4.69, 9.17) is 9.84 Å². The van der Waals surface area contributed by atoms with E-state index in [0.717, 1.165) is 23.0 Å². The molecule has 108 valence electrons. The SMILES string of the molecule is O=C(NCC1CCCO1)Nc1ccc(I)cc1C(=O)O. The fourth-order valence-electron chi connectivity index (χ4n) is 1.98. The van der Waals surface area contributed by atoms with Crippen LogP contribution in [0.2, 0.25) is 0 Å². The largest absolute Gasteiger partial charge is 0.478 e. The second kappa shape index (κ2) is 6.89. The lowest BCUT2D eigenvalue weighted by molar-refractivity contribution is 0.0698. The summed E-state index contributed by atoms with van der Waals surface area (Å²) >= 11 is 2.02. The van der Waals surface area contributed by atoms with Crippen LogP contribution in [0.25, 0.3) is 0 Å². The van der Waals surface area contributed by atoms with Crippen LogP contribution in [0.4, 0.5) is 10.5 Å². The Balaban J connectivity index is 1.94. The van der Waals surface area contributed by atoms with Gasteiger partial charge in [-0.2, -0.15) is 0 Å². The molecule has 1 heterocycles. The molecule has 1 aromatic carbocycles. The van der Waals surface area contributed by atoms with E-state index >= 15 is 0 Å². The molecule has 0 bridgehead atoms. The zero-order valence-corrected chi connectivity index (χ0v) is 12.8. The lowest BCUT2D eigenvalue weighted by Gasteiger charge is -2.13. The summed E-state index contributed by atoms with van der Waals surface area (Å²) in [5.41, 5.74) is 0.354. The number of carboxylic acid groups (broad SMARTS) is 1. The molecule has 3 N–H and O–H groups in total. The highest BCUT2D eigenvalue weighted by molar-refractivity contribution is 14.1. The van der Waals surface area contributed by atoms with Gasteiger partial charge in [0.25, 0.3) is 0 Å². The van der Waals surface area contributed by atoms with Gasteiger partial charge < -0.3 is 20.5 Å². The number of amides is 2. The van der Waals surface area contributed by atoms with Gasteiger partial charge in [-0.25, -0.2) is 9.59 Å². The van der Waals surface area contributed by atoms with Crippen molar-refractivity contribution in [1.82, 2.24) is 5.32 Å². The topological polar surface area (TPSA) is 87.7 Å². The number of carbonyl (C=O) groups excluding carboxylic acids is 1. The van der Waals surface area contributed by atoms with Crippen molar-refractivity contribution in [2.45, 2.75) is 18.9 Å². The molecule has 2 rings (SSSR count). The van der Waals surface area contributed by atoms with E-state index in [9.17, 15) is 9.59 Å². The first kappa shape index (κ1) is 15.0. The van der Waals surface area contributed by atoms with Crippen molar-refractivity contribution in [1.29, 1.82) is 0 Å². The van der Waals surface area contributed by atoms with E-state index in [1.54, 1.807) is 12.1 Å². The van der Waals surface area contributed by atoms with Crippen LogP contribution in [-0.2, 0) is 4.74 Å². The van der Waals surface area contributed by atoms with Crippen molar-refractivity contribution in [3.63, 3.8) is 0 Å². The highest BCUT2D eigenvalue weighted by Crippen LogP contribution is 2.19. The predicted molar refractivity (Wildman–Crippen MR) is 82.1 cm³/mol. The maximum Gasteiger partial charge on any atom is 0.337 e. The van der Waals surface area contributed by atoms with Gasteiger partial charge >= 0.3 is 12.0 Å². The minimum Gasteiger partial charge on any atom is -0.478 e. The Morgan fingerprint density at radius 1 is 1.45 bits per heavy atom. The third-order valence-corrected chi connectivity index (χ3v) is 3.65. The summed E-state index contributed by atoms with van der Waals surface area (Å²) < 4.78 is 6.19. The number of carbonyl (C=O) groups is 2. The van der Waals surface area contributed by atoms with E-state index in [1.807, 2.05) is 22.6 Å². The van der Waals surface area contributed by atoms with Gasteiger partial charge in [-0.05, 0) is 53.6 Å². The predicted octanol–water partition coefficient (Wildman–Crippen LogP) is 2.29. The van der Waals surface area contributed by atoms with E-state index < -0.39 is 12.0 Å². The zero-order chi connectivity index (χ0) is 14.5. The molecule has 1 saturated heterocycles. The number of halogens is 1. The Hall–Kier alpha value is -1.35. The van der Waals surface area contributed by atoms with Gasteiger partial charge in [0.15, 0.2) is 0 Å². The van der Waals surface area contributed by atoms with Crippen LogP contribution in [0.1, 0.15) is 23.2 Å². The maximum atomic E-state index is 11.8. The molecule has 7 heteroatoms. The van der Waals surface area contributed by atoms with Gasteiger partial charge in [0, 0.05) is 16.7 Å². The minimum atomic E-state index is -1.07. The van der Waals surface area contributed by atoms with Gasteiger partial charge in [0.2, 0.25) is 0 Å². The van der Waals surface area contributed by atoms with E-state index in [2.05, 4.69) is 10.6 Å². The molecule has 0 saturated carbocycles. The molecule has 6 nitrogen and oxygen atoms in total. The van der Waals surface area contributed by atoms with Gasteiger partial charge in [-0.15, -0.1) is 0 Å². The molecule has 1 aromatic rings. The molecule has 1 aliphatic heterocycles. The molecule has 0 radical (unpaired) electrons. The molecule has 0 aromatic heterocycles. The van der Waals surface area contributed by atoms with Crippen LogP contribution in [0, 0.1) is 3.57 Å². The Morgan fingerprint density at radius 2 is 2.25 bits per heavy atom. The number of benzene rings is 1. The number of anilines is 1. The number of urea groups is 1. The molecule has 1 fully saturated rings. The summed E-state index contributed by atoms with van der Waals surface area (Å²) in [5.74, 6) is -1.07. The molecular formula is C13H15IN2O4. The normalized spacial score (nSPS) is 17.8. The number of hydrogen-bond acceptors (Lipinski definition) is 3. The van der Waals surface area contributed by atoms with Crippen LogP contribution >= 0.6 is 22.6 Å². The van der Waals surface area contributed by atoms with Crippen molar-refractivity contribution in [2.24, 2.45) is 0 Å². The van der Waals surface area contributed by atoms with E-state index in [1.165, 1.54) is 6.07 Å². The van der Waals surface area contributed by atoms with Crippen molar-refractivity contribution in [2.75, 3.05) is 18.5 Å². The number of aromatic carboxylic acids is 1. The quantitative estimate of drug-likeness (QED) is 0.689. The number of ether oxygens (including phenoxy) is 1. The third-order valence-electron chi connectivity index (χ3n) is 2.97. The lowest BCUT2D eigenvalue weighted by atomic mass is 10.2. The van der Waals surface area contributed by atoms with Gasteiger partial charge in [-0.1, -0.05) is 0 Å².